The summed E-state index contributed by atoms with van der Waals surface area (Å²) in [6.45, 7) is 0. The van der Waals surface area contributed by atoms with Crippen LogP contribution in [0.5, 0.6) is 0 Å². The number of hydrogen-bond donors (Lipinski definition) is 1. The van der Waals surface area contributed by atoms with Crippen LogP contribution in [0.3, 0.4) is 0 Å². The molecule has 0 bridgehead atoms. The van der Waals surface area contributed by atoms with E-state index < -0.39 is 0 Å². The number of hydrogen-bond acceptors (Lipinski definition) is 3. The van der Waals surface area contributed by atoms with Crippen LogP contribution in [0.4, 0.5) is 5.13 Å². The summed E-state index contributed by atoms with van der Waals surface area (Å²) in [6, 6.07) is 0.535. The van der Waals surface area contributed by atoms with E-state index in [0.29, 0.717) is 12.0 Å². The molecule has 1 N–H and O–H groups in total. The van der Waals surface area contributed by atoms with Gasteiger partial charge in [-0.05, 0) is 18.8 Å². The number of thiazole rings is 1. The number of alkyl halides is 1. The lowest BCUT2D eigenvalue weighted by atomic mass is 9.86. The number of aromatic nitrogens is 1. The van der Waals surface area contributed by atoms with Crippen molar-refractivity contribution >= 4 is 28.1 Å². The topological polar surface area (TPSA) is 24.9 Å². The van der Waals surface area contributed by atoms with Crippen molar-refractivity contribution in [2.24, 2.45) is 5.92 Å². The second-order valence-electron chi connectivity index (χ2n) is 3.79. The van der Waals surface area contributed by atoms with Gasteiger partial charge in [0.2, 0.25) is 0 Å². The van der Waals surface area contributed by atoms with E-state index in [1.807, 2.05) is 11.6 Å². The maximum absolute atomic E-state index is 5.96. The molecule has 0 saturated heterocycles. The minimum Gasteiger partial charge on any atom is -0.358 e. The third-order valence-electron chi connectivity index (χ3n) is 2.85. The van der Waals surface area contributed by atoms with Gasteiger partial charge in [-0.25, -0.2) is 4.98 Å². The van der Waals surface area contributed by atoms with Crippen LogP contribution in [-0.4, -0.2) is 16.9 Å². The van der Waals surface area contributed by atoms with Gasteiger partial charge in [-0.15, -0.1) is 22.9 Å². The van der Waals surface area contributed by atoms with Gasteiger partial charge in [0.15, 0.2) is 5.13 Å². The second-order valence-corrected chi connectivity index (χ2v) is 4.99. The quantitative estimate of drug-likeness (QED) is 0.806. The summed E-state index contributed by atoms with van der Waals surface area (Å²) in [5.74, 6) is 1.39. The van der Waals surface area contributed by atoms with Gasteiger partial charge in [0.1, 0.15) is 0 Å². The van der Waals surface area contributed by atoms with Gasteiger partial charge in [-0.3, -0.25) is 0 Å². The van der Waals surface area contributed by atoms with Crippen LogP contribution in [0.1, 0.15) is 25.7 Å². The first kappa shape index (κ1) is 10.2. The van der Waals surface area contributed by atoms with E-state index in [9.17, 15) is 0 Å². The van der Waals surface area contributed by atoms with Crippen LogP contribution in [0.2, 0.25) is 0 Å². The molecule has 2 nitrogen and oxygen atoms in total. The molecule has 1 aliphatic rings. The molecule has 0 amide bonds. The number of nitrogens with one attached hydrogen (secondary N) is 1. The molecule has 1 fully saturated rings. The van der Waals surface area contributed by atoms with E-state index in [1.54, 1.807) is 11.3 Å². The highest BCUT2D eigenvalue weighted by atomic mass is 35.5. The lowest BCUT2D eigenvalue weighted by Gasteiger charge is -2.30. The average molecular weight is 231 g/mol. The SMILES string of the molecule is ClCC1CCCCC1Nc1nccs1. The van der Waals surface area contributed by atoms with Crippen molar-refractivity contribution in [1.29, 1.82) is 0 Å². The molecule has 0 aliphatic heterocycles. The molecule has 78 valence electrons. The summed E-state index contributed by atoms with van der Waals surface area (Å²) in [5.41, 5.74) is 0. The van der Waals surface area contributed by atoms with Crippen molar-refractivity contribution in [3.05, 3.63) is 11.6 Å². The van der Waals surface area contributed by atoms with Gasteiger partial charge in [-0.1, -0.05) is 12.8 Å². The fraction of sp³-hybridized carbons (Fsp3) is 0.700. The van der Waals surface area contributed by atoms with Crippen LogP contribution in [-0.2, 0) is 0 Å². The first-order valence-electron chi connectivity index (χ1n) is 5.12. The molecule has 14 heavy (non-hydrogen) atoms. The van der Waals surface area contributed by atoms with Crippen molar-refractivity contribution < 1.29 is 0 Å². The monoisotopic (exact) mass is 230 g/mol. The lowest BCUT2D eigenvalue weighted by Crippen LogP contribution is -2.33. The zero-order chi connectivity index (χ0) is 9.80. The first-order valence-corrected chi connectivity index (χ1v) is 6.53. The summed E-state index contributed by atoms with van der Waals surface area (Å²) in [4.78, 5) is 4.24. The van der Waals surface area contributed by atoms with E-state index in [1.165, 1.54) is 25.7 Å². The molecule has 2 atom stereocenters. The molecule has 1 aliphatic carbocycles. The van der Waals surface area contributed by atoms with Crippen molar-refractivity contribution in [3.8, 4) is 0 Å². The molecule has 1 saturated carbocycles. The van der Waals surface area contributed by atoms with E-state index in [4.69, 9.17) is 11.6 Å². The summed E-state index contributed by atoms with van der Waals surface area (Å²) in [7, 11) is 0. The normalized spacial score (nSPS) is 27.5. The van der Waals surface area contributed by atoms with Gasteiger partial charge in [0.25, 0.3) is 0 Å². The number of rotatable bonds is 3. The predicted molar refractivity (Wildman–Crippen MR) is 62.2 cm³/mol. The average Bonchev–Trinajstić information content (AvgIpc) is 2.71. The first-order chi connectivity index (χ1) is 6.90. The fourth-order valence-corrected chi connectivity index (χ4v) is 3.00. The molecule has 0 radical (unpaired) electrons. The van der Waals surface area contributed by atoms with Gasteiger partial charge < -0.3 is 5.32 Å². The van der Waals surface area contributed by atoms with E-state index in [0.717, 1.165) is 11.0 Å². The number of nitrogens with zero attached hydrogens (tertiary/aromatic N) is 1. The van der Waals surface area contributed by atoms with E-state index >= 15 is 0 Å². The van der Waals surface area contributed by atoms with Crippen LogP contribution in [0, 0.1) is 5.92 Å². The van der Waals surface area contributed by atoms with E-state index in [2.05, 4.69) is 10.3 Å². The van der Waals surface area contributed by atoms with Gasteiger partial charge >= 0.3 is 0 Å². The maximum Gasteiger partial charge on any atom is 0.182 e. The largest absolute Gasteiger partial charge is 0.358 e. The minimum absolute atomic E-state index is 0.535. The predicted octanol–water partition coefficient (Wildman–Crippen LogP) is 3.35. The second kappa shape index (κ2) is 4.99. The Morgan fingerprint density at radius 2 is 2.36 bits per heavy atom. The zero-order valence-electron chi connectivity index (χ0n) is 8.08. The Morgan fingerprint density at radius 1 is 1.50 bits per heavy atom. The Kier molecular flexibility index (Phi) is 3.65. The highest BCUT2D eigenvalue weighted by Crippen LogP contribution is 2.28. The standard InChI is InChI=1S/C10H15ClN2S/c11-7-8-3-1-2-4-9(8)13-10-12-5-6-14-10/h5-6,8-9H,1-4,7H2,(H,12,13). The van der Waals surface area contributed by atoms with Gasteiger partial charge in [0.05, 0.1) is 0 Å². The van der Waals surface area contributed by atoms with Crippen molar-refractivity contribution in [2.75, 3.05) is 11.2 Å². The van der Waals surface area contributed by atoms with Gasteiger partial charge in [-0.2, -0.15) is 0 Å². The number of anilines is 1. The molecule has 1 aromatic heterocycles. The van der Waals surface area contributed by atoms with Crippen molar-refractivity contribution in [3.63, 3.8) is 0 Å². The summed E-state index contributed by atoms with van der Waals surface area (Å²) >= 11 is 7.62. The Bertz CT molecular complexity index is 263. The lowest BCUT2D eigenvalue weighted by molar-refractivity contribution is 0.353. The molecule has 0 aromatic carbocycles. The molecular formula is C10H15ClN2S. The highest BCUT2D eigenvalue weighted by Gasteiger charge is 2.24. The molecular weight excluding hydrogens is 216 g/mol. The van der Waals surface area contributed by atoms with Crippen LogP contribution < -0.4 is 5.32 Å². The van der Waals surface area contributed by atoms with Crippen molar-refractivity contribution in [1.82, 2.24) is 4.98 Å². The molecule has 4 heteroatoms. The third-order valence-corrected chi connectivity index (χ3v) is 3.95. The van der Waals surface area contributed by atoms with Crippen LogP contribution in [0.25, 0.3) is 0 Å². The summed E-state index contributed by atoms with van der Waals surface area (Å²) in [5, 5.41) is 6.52. The Balaban J connectivity index is 1.94. The molecule has 1 aromatic rings. The summed E-state index contributed by atoms with van der Waals surface area (Å²) in [6.07, 6.45) is 6.97. The fourth-order valence-electron chi connectivity index (χ4n) is 2.04. The molecule has 0 spiro atoms. The third kappa shape index (κ3) is 2.39. The van der Waals surface area contributed by atoms with Crippen LogP contribution in [0.15, 0.2) is 11.6 Å². The summed E-state index contributed by atoms with van der Waals surface area (Å²) < 4.78 is 0. The van der Waals surface area contributed by atoms with Crippen molar-refractivity contribution in [2.45, 2.75) is 31.7 Å². The Morgan fingerprint density at radius 3 is 3.07 bits per heavy atom. The smallest absolute Gasteiger partial charge is 0.182 e. The highest BCUT2D eigenvalue weighted by molar-refractivity contribution is 7.13. The zero-order valence-corrected chi connectivity index (χ0v) is 9.65. The molecule has 2 unspecified atom stereocenters. The minimum atomic E-state index is 0.535. The molecule has 1 heterocycles. The van der Waals surface area contributed by atoms with Crippen LogP contribution >= 0.6 is 22.9 Å². The number of halogens is 1. The Hall–Kier alpha value is -0.280. The maximum atomic E-state index is 5.96. The Labute approximate surface area is 93.7 Å². The molecule has 2 rings (SSSR count). The van der Waals surface area contributed by atoms with Gasteiger partial charge in [0, 0.05) is 23.5 Å². The van der Waals surface area contributed by atoms with E-state index in [-0.39, 0.29) is 0 Å².